The van der Waals surface area contributed by atoms with Gasteiger partial charge in [0.1, 0.15) is 6.33 Å². The highest BCUT2D eigenvalue weighted by molar-refractivity contribution is 7.93. The summed E-state index contributed by atoms with van der Waals surface area (Å²) in [5.74, 6) is 0.181. The van der Waals surface area contributed by atoms with Crippen LogP contribution in [-0.4, -0.2) is 75.7 Å². The summed E-state index contributed by atoms with van der Waals surface area (Å²) in [6, 6.07) is 9.11. The predicted molar refractivity (Wildman–Crippen MR) is 135 cm³/mol. The van der Waals surface area contributed by atoms with Gasteiger partial charge in [0.05, 0.1) is 31.9 Å². The molecule has 0 radical (unpaired) electrons. The molecule has 4 aromatic rings. The zero-order valence-corrected chi connectivity index (χ0v) is 21.3. The molecule has 1 aliphatic rings. The molecule has 15 heteroatoms. The van der Waals surface area contributed by atoms with Gasteiger partial charge in [-0.25, -0.2) is 22.8 Å². The highest BCUT2D eigenvalue weighted by Gasteiger charge is 2.34. The molecule has 0 spiro atoms. The maximum Gasteiger partial charge on any atom is 0.245 e. The fourth-order valence-electron chi connectivity index (χ4n) is 4.23. The van der Waals surface area contributed by atoms with Crippen LogP contribution in [0.1, 0.15) is 12.8 Å². The number of benzene rings is 1. The molecule has 38 heavy (non-hydrogen) atoms. The lowest BCUT2D eigenvalue weighted by Crippen LogP contribution is -2.45. The van der Waals surface area contributed by atoms with E-state index in [1.54, 1.807) is 4.90 Å². The number of ether oxygens (including phenoxy) is 2. The standard InChI is InChI=1S/C23H24FN9O4S/c1-36-20-18(21(37-2)28-14-27-20)33-19(15-7-4-3-5-8-15)29-30-23(33)31-38(34,35)17-9-6-10-32(13-17)22-25-11-16(24)12-26-22/h3-5,7-8,11-12,14,17H,6,9-10,13H2,1-2H3,(H,30,31)/t17-/m0/s1. The molecular weight excluding hydrogens is 517 g/mol. The molecule has 1 fully saturated rings. The highest BCUT2D eigenvalue weighted by Crippen LogP contribution is 2.35. The maximum absolute atomic E-state index is 13.6. The molecule has 198 valence electrons. The Morgan fingerprint density at radius 3 is 2.34 bits per heavy atom. The van der Waals surface area contributed by atoms with Crippen LogP contribution in [0.25, 0.3) is 17.1 Å². The van der Waals surface area contributed by atoms with Crippen LogP contribution in [0.15, 0.2) is 49.1 Å². The Morgan fingerprint density at radius 1 is 1.00 bits per heavy atom. The van der Waals surface area contributed by atoms with Crippen LogP contribution < -0.4 is 19.1 Å². The van der Waals surface area contributed by atoms with Gasteiger partial charge in [0.2, 0.25) is 33.7 Å². The van der Waals surface area contributed by atoms with Gasteiger partial charge in [-0.3, -0.25) is 9.29 Å². The van der Waals surface area contributed by atoms with Crippen LogP contribution in [0.5, 0.6) is 11.8 Å². The average Bonchev–Trinajstić information content (AvgIpc) is 3.35. The zero-order valence-electron chi connectivity index (χ0n) is 20.5. The molecule has 1 atom stereocenters. The van der Waals surface area contributed by atoms with Crippen molar-refractivity contribution in [2.45, 2.75) is 18.1 Å². The molecule has 0 saturated carbocycles. The Morgan fingerprint density at radius 2 is 1.68 bits per heavy atom. The van der Waals surface area contributed by atoms with E-state index >= 15 is 0 Å². The zero-order chi connectivity index (χ0) is 26.7. The van der Waals surface area contributed by atoms with Crippen molar-refractivity contribution in [2.75, 3.05) is 36.9 Å². The van der Waals surface area contributed by atoms with Crippen molar-refractivity contribution in [2.24, 2.45) is 0 Å². The number of halogens is 1. The second-order valence-corrected chi connectivity index (χ2v) is 10.3. The summed E-state index contributed by atoms with van der Waals surface area (Å²) >= 11 is 0. The van der Waals surface area contributed by atoms with Crippen LogP contribution in [-0.2, 0) is 10.0 Å². The summed E-state index contributed by atoms with van der Waals surface area (Å²) in [5, 5.41) is 7.60. The summed E-state index contributed by atoms with van der Waals surface area (Å²) in [6.07, 6.45) is 4.34. The van der Waals surface area contributed by atoms with E-state index < -0.39 is 21.1 Å². The Balaban J connectivity index is 1.54. The Kier molecular flexibility index (Phi) is 7.00. The lowest BCUT2D eigenvalue weighted by atomic mass is 10.1. The van der Waals surface area contributed by atoms with Gasteiger partial charge in [-0.05, 0) is 12.8 Å². The van der Waals surface area contributed by atoms with Crippen molar-refractivity contribution in [3.05, 3.63) is 54.9 Å². The molecule has 0 amide bonds. The number of nitrogens with one attached hydrogen (secondary N) is 1. The molecule has 3 aromatic heterocycles. The summed E-state index contributed by atoms with van der Waals surface area (Å²) in [4.78, 5) is 18.0. The molecule has 1 saturated heterocycles. The molecule has 0 unspecified atom stereocenters. The molecule has 1 aromatic carbocycles. The summed E-state index contributed by atoms with van der Waals surface area (Å²) in [5.41, 5.74) is 0.889. The van der Waals surface area contributed by atoms with Crippen LogP contribution in [0.4, 0.5) is 16.3 Å². The SMILES string of the molecule is COc1ncnc(OC)c1-n1c(NS(=O)(=O)[C@H]2CCCN(c3ncc(F)cn3)C2)nnc1-c1ccccc1. The smallest absolute Gasteiger partial charge is 0.245 e. The summed E-state index contributed by atoms with van der Waals surface area (Å²) < 4.78 is 55.4. The van der Waals surface area contributed by atoms with Crippen molar-refractivity contribution in [3.63, 3.8) is 0 Å². The number of hydrogen-bond acceptors (Lipinski definition) is 11. The van der Waals surface area contributed by atoms with Crippen LogP contribution in [0, 0.1) is 5.82 Å². The fraction of sp³-hybridized carbons (Fsp3) is 0.304. The molecule has 13 nitrogen and oxygen atoms in total. The van der Waals surface area contributed by atoms with E-state index in [-0.39, 0.29) is 35.9 Å². The number of rotatable bonds is 8. The number of piperidine rings is 1. The van der Waals surface area contributed by atoms with Gasteiger partial charge in [-0.2, -0.15) is 9.97 Å². The number of nitrogens with zero attached hydrogens (tertiary/aromatic N) is 8. The molecule has 4 heterocycles. The van der Waals surface area contributed by atoms with Crippen molar-refractivity contribution < 1.29 is 22.3 Å². The molecule has 1 aliphatic heterocycles. The van der Waals surface area contributed by atoms with E-state index in [2.05, 4.69) is 34.9 Å². The topological polar surface area (TPSA) is 150 Å². The molecule has 1 N–H and O–H groups in total. The van der Waals surface area contributed by atoms with Gasteiger partial charge in [0.15, 0.2) is 17.3 Å². The quantitative estimate of drug-likeness (QED) is 0.349. The lowest BCUT2D eigenvalue weighted by molar-refractivity contribution is 0.368. The first-order valence-corrected chi connectivity index (χ1v) is 13.1. The third kappa shape index (κ3) is 4.91. The largest absolute Gasteiger partial charge is 0.479 e. The molecular formula is C23H24FN9O4S. The minimum absolute atomic E-state index is 0.0922. The maximum atomic E-state index is 13.6. The molecule has 0 aliphatic carbocycles. The van der Waals surface area contributed by atoms with Gasteiger partial charge >= 0.3 is 0 Å². The van der Waals surface area contributed by atoms with Gasteiger partial charge in [-0.1, -0.05) is 30.3 Å². The summed E-state index contributed by atoms with van der Waals surface area (Å²) in [7, 11) is -1.14. The number of sulfonamides is 1. The van der Waals surface area contributed by atoms with Gasteiger partial charge in [-0.15, -0.1) is 10.2 Å². The van der Waals surface area contributed by atoms with Crippen LogP contribution >= 0.6 is 0 Å². The third-order valence-corrected chi connectivity index (χ3v) is 7.73. The lowest BCUT2D eigenvalue weighted by Gasteiger charge is -2.32. The first kappa shape index (κ1) is 25.3. The number of aromatic nitrogens is 7. The van der Waals surface area contributed by atoms with E-state index in [4.69, 9.17) is 9.47 Å². The average molecular weight is 542 g/mol. The van der Waals surface area contributed by atoms with Crippen molar-refractivity contribution >= 4 is 21.9 Å². The van der Waals surface area contributed by atoms with E-state index in [1.165, 1.54) is 25.1 Å². The number of hydrogen-bond donors (Lipinski definition) is 1. The molecule has 0 bridgehead atoms. The monoisotopic (exact) mass is 541 g/mol. The van der Waals surface area contributed by atoms with Gasteiger partial charge in [0.25, 0.3) is 0 Å². The Labute approximate surface area is 217 Å². The highest BCUT2D eigenvalue weighted by atomic mass is 32.2. The normalized spacial score (nSPS) is 15.8. The van der Waals surface area contributed by atoms with Crippen LogP contribution in [0.2, 0.25) is 0 Å². The number of anilines is 2. The predicted octanol–water partition coefficient (Wildman–Crippen LogP) is 2.08. The van der Waals surface area contributed by atoms with E-state index in [1.807, 2.05) is 30.3 Å². The third-order valence-electron chi connectivity index (χ3n) is 6.00. The van der Waals surface area contributed by atoms with E-state index in [0.717, 1.165) is 12.4 Å². The summed E-state index contributed by atoms with van der Waals surface area (Å²) in [6.45, 7) is 0.656. The van der Waals surface area contributed by atoms with E-state index in [0.29, 0.717) is 30.8 Å². The van der Waals surface area contributed by atoms with Gasteiger partial charge < -0.3 is 14.4 Å². The van der Waals surface area contributed by atoms with Gasteiger partial charge in [0, 0.05) is 18.7 Å². The van der Waals surface area contributed by atoms with Crippen molar-refractivity contribution in [1.82, 2.24) is 34.7 Å². The second kappa shape index (κ2) is 10.5. The minimum atomic E-state index is -3.99. The second-order valence-electron chi connectivity index (χ2n) is 8.35. The fourth-order valence-corrected chi connectivity index (χ4v) is 5.63. The Hall–Kier alpha value is -4.40. The van der Waals surface area contributed by atoms with Crippen molar-refractivity contribution in [1.29, 1.82) is 0 Å². The first-order valence-electron chi connectivity index (χ1n) is 11.6. The first-order chi connectivity index (χ1) is 18.4. The minimum Gasteiger partial charge on any atom is -0.479 e. The molecule has 5 rings (SSSR count). The van der Waals surface area contributed by atoms with Crippen LogP contribution in [0.3, 0.4) is 0 Å². The van der Waals surface area contributed by atoms with Crippen molar-refractivity contribution in [3.8, 4) is 28.8 Å². The number of methoxy groups -OCH3 is 2. The Bertz CT molecular complexity index is 1500. The van der Waals surface area contributed by atoms with E-state index in [9.17, 15) is 12.8 Å².